The van der Waals surface area contributed by atoms with E-state index in [-0.39, 0.29) is 13.0 Å². The molecule has 1 saturated heterocycles. The highest BCUT2D eigenvalue weighted by Gasteiger charge is 2.51. The topological polar surface area (TPSA) is 40.5 Å². The largest absolute Gasteiger partial charge is 0.394 e. The highest BCUT2D eigenvalue weighted by atomic mass is 19.4. The highest BCUT2D eigenvalue weighted by Crippen LogP contribution is 2.38. The highest BCUT2D eigenvalue weighted by molar-refractivity contribution is 5.94. The molecule has 0 bridgehead atoms. The third-order valence-electron chi connectivity index (χ3n) is 4.15. The third-order valence-corrected chi connectivity index (χ3v) is 4.15. The molecule has 2 rings (SSSR count). The molecule has 1 fully saturated rings. The molecule has 122 valence electrons. The summed E-state index contributed by atoms with van der Waals surface area (Å²) >= 11 is 0. The fourth-order valence-corrected chi connectivity index (χ4v) is 2.98. The molecule has 1 heterocycles. The number of aliphatic hydroxyl groups is 1. The Morgan fingerprint density at radius 3 is 2.45 bits per heavy atom. The number of hydrogen-bond donors (Lipinski definition) is 1. The maximum Gasteiger partial charge on any atom is 0.393 e. The van der Waals surface area contributed by atoms with Gasteiger partial charge in [-0.1, -0.05) is 25.5 Å². The van der Waals surface area contributed by atoms with Crippen molar-refractivity contribution in [3.63, 3.8) is 0 Å². The summed E-state index contributed by atoms with van der Waals surface area (Å²) in [7, 11) is 0. The van der Waals surface area contributed by atoms with Gasteiger partial charge in [0.05, 0.1) is 18.6 Å². The summed E-state index contributed by atoms with van der Waals surface area (Å²) < 4.78 is 38.8. The lowest BCUT2D eigenvalue weighted by Crippen LogP contribution is -2.44. The molecular weight excluding hydrogens is 295 g/mol. The summed E-state index contributed by atoms with van der Waals surface area (Å²) in [5.74, 6) is -2.10. The van der Waals surface area contributed by atoms with Crippen LogP contribution in [-0.4, -0.2) is 41.3 Å². The zero-order chi connectivity index (χ0) is 16.3. The predicted molar refractivity (Wildman–Crippen MR) is 76.5 cm³/mol. The van der Waals surface area contributed by atoms with E-state index in [1.165, 1.54) is 0 Å². The van der Waals surface area contributed by atoms with Crippen LogP contribution in [0.5, 0.6) is 0 Å². The standard InChI is InChI=1S/C16H20F3NO2/c1-2-3-11-4-6-12(7-5-11)15(22)20-9-8-13(14(20)10-21)16(17,18)19/h4-7,13-14,21H,2-3,8-10H2,1H3/t13-,14-/m0/s1. The number of aryl methyl sites for hydroxylation is 1. The van der Waals surface area contributed by atoms with Crippen LogP contribution >= 0.6 is 0 Å². The van der Waals surface area contributed by atoms with E-state index in [2.05, 4.69) is 0 Å². The molecule has 1 N–H and O–H groups in total. The first-order valence-corrected chi connectivity index (χ1v) is 7.46. The van der Waals surface area contributed by atoms with Gasteiger partial charge in [0.25, 0.3) is 5.91 Å². The molecule has 1 aliphatic rings. The molecular formula is C16H20F3NO2. The molecule has 22 heavy (non-hydrogen) atoms. The molecule has 6 heteroatoms. The first kappa shape index (κ1) is 16.8. The van der Waals surface area contributed by atoms with Crippen LogP contribution in [-0.2, 0) is 6.42 Å². The van der Waals surface area contributed by atoms with Crippen molar-refractivity contribution in [3.8, 4) is 0 Å². The number of amides is 1. The number of hydrogen-bond acceptors (Lipinski definition) is 2. The van der Waals surface area contributed by atoms with E-state index in [1.807, 2.05) is 19.1 Å². The van der Waals surface area contributed by atoms with E-state index < -0.39 is 30.7 Å². The second kappa shape index (κ2) is 6.69. The normalized spacial score (nSPS) is 22.1. The van der Waals surface area contributed by atoms with Gasteiger partial charge in [0.2, 0.25) is 0 Å². The monoisotopic (exact) mass is 315 g/mol. The average molecular weight is 315 g/mol. The Bertz CT molecular complexity index is 513. The lowest BCUT2D eigenvalue weighted by atomic mass is 10.00. The summed E-state index contributed by atoms with van der Waals surface area (Å²) in [5.41, 5.74) is 1.45. The minimum absolute atomic E-state index is 0.0188. The van der Waals surface area contributed by atoms with Crippen LogP contribution in [0.25, 0.3) is 0 Å². The second-order valence-electron chi connectivity index (χ2n) is 5.63. The number of rotatable bonds is 4. The SMILES string of the molecule is CCCc1ccc(C(=O)N2CC[C@H](C(F)(F)F)[C@@H]2CO)cc1. The summed E-state index contributed by atoms with van der Waals surface area (Å²) in [6.07, 6.45) is -2.67. The third kappa shape index (κ3) is 3.43. The van der Waals surface area contributed by atoms with Crippen LogP contribution in [0.1, 0.15) is 35.7 Å². The van der Waals surface area contributed by atoms with E-state index >= 15 is 0 Å². The fourth-order valence-electron chi connectivity index (χ4n) is 2.98. The molecule has 1 aromatic rings. The quantitative estimate of drug-likeness (QED) is 0.928. The number of carbonyl (C=O) groups excluding carboxylic acids is 1. The molecule has 0 aliphatic carbocycles. The molecule has 1 aliphatic heterocycles. The van der Waals surface area contributed by atoms with E-state index in [4.69, 9.17) is 0 Å². The molecule has 0 aromatic heterocycles. The Morgan fingerprint density at radius 2 is 1.95 bits per heavy atom. The van der Waals surface area contributed by atoms with Gasteiger partial charge in [-0.15, -0.1) is 0 Å². The van der Waals surface area contributed by atoms with Gasteiger partial charge >= 0.3 is 6.18 Å². The van der Waals surface area contributed by atoms with Gasteiger partial charge in [0, 0.05) is 12.1 Å². The number of aliphatic hydroxyl groups excluding tert-OH is 1. The van der Waals surface area contributed by atoms with Crippen LogP contribution in [0.15, 0.2) is 24.3 Å². The minimum Gasteiger partial charge on any atom is -0.394 e. The Labute approximate surface area is 127 Å². The van der Waals surface area contributed by atoms with Crippen molar-refractivity contribution in [1.82, 2.24) is 4.90 Å². The average Bonchev–Trinajstić information content (AvgIpc) is 2.91. The maximum absolute atomic E-state index is 12.9. The molecule has 3 nitrogen and oxygen atoms in total. The lowest BCUT2D eigenvalue weighted by molar-refractivity contribution is -0.181. The van der Waals surface area contributed by atoms with Crippen molar-refractivity contribution in [2.75, 3.05) is 13.2 Å². The molecule has 2 atom stereocenters. The Morgan fingerprint density at radius 1 is 1.32 bits per heavy atom. The maximum atomic E-state index is 12.9. The van der Waals surface area contributed by atoms with Crippen molar-refractivity contribution in [2.24, 2.45) is 5.92 Å². The molecule has 1 aromatic carbocycles. The van der Waals surface area contributed by atoms with Gasteiger partial charge in [-0.05, 0) is 30.5 Å². The Balaban J connectivity index is 2.15. The first-order chi connectivity index (χ1) is 10.4. The number of alkyl halides is 3. The first-order valence-electron chi connectivity index (χ1n) is 7.46. The smallest absolute Gasteiger partial charge is 0.393 e. The molecule has 0 spiro atoms. The van der Waals surface area contributed by atoms with Gasteiger partial charge < -0.3 is 10.0 Å². The van der Waals surface area contributed by atoms with Crippen molar-refractivity contribution < 1.29 is 23.1 Å². The van der Waals surface area contributed by atoms with Crippen LogP contribution in [0.3, 0.4) is 0 Å². The fraction of sp³-hybridized carbons (Fsp3) is 0.562. The van der Waals surface area contributed by atoms with Crippen LogP contribution in [0, 0.1) is 5.92 Å². The number of carbonyl (C=O) groups is 1. The van der Waals surface area contributed by atoms with Crippen molar-refractivity contribution >= 4 is 5.91 Å². The Kier molecular flexibility index (Phi) is 5.11. The van der Waals surface area contributed by atoms with Gasteiger partial charge in [0.15, 0.2) is 0 Å². The molecule has 0 saturated carbocycles. The molecule has 1 amide bonds. The molecule has 0 unspecified atom stereocenters. The Hall–Kier alpha value is -1.56. The number of benzene rings is 1. The second-order valence-corrected chi connectivity index (χ2v) is 5.63. The number of halogens is 3. The zero-order valence-electron chi connectivity index (χ0n) is 12.4. The van der Waals surface area contributed by atoms with Crippen molar-refractivity contribution in [2.45, 2.75) is 38.4 Å². The number of likely N-dealkylation sites (tertiary alicyclic amines) is 1. The molecule has 0 radical (unpaired) electrons. The van der Waals surface area contributed by atoms with Gasteiger partial charge in [0.1, 0.15) is 0 Å². The van der Waals surface area contributed by atoms with E-state index in [0.29, 0.717) is 5.56 Å². The zero-order valence-corrected chi connectivity index (χ0v) is 12.4. The van der Waals surface area contributed by atoms with Crippen LogP contribution < -0.4 is 0 Å². The summed E-state index contributed by atoms with van der Waals surface area (Å²) in [5, 5.41) is 9.29. The number of nitrogens with zero attached hydrogens (tertiary/aromatic N) is 1. The van der Waals surface area contributed by atoms with E-state index in [1.54, 1.807) is 12.1 Å². The minimum atomic E-state index is -4.40. The summed E-state index contributed by atoms with van der Waals surface area (Å²) in [4.78, 5) is 13.6. The van der Waals surface area contributed by atoms with Gasteiger partial charge in [-0.3, -0.25) is 4.79 Å². The summed E-state index contributed by atoms with van der Waals surface area (Å²) in [6, 6.07) is 5.73. The van der Waals surface area contributed by atoms with Crippen LogP contribution in [0.4, 0.5) is 13.2 Å². The van der Waals surface area contributed by atoms with Crippen molar-refractivity contribution in [1.29, 1.82) is 0 Å². The van der Waals surface area contributed by atoms with Crippen molar-refractivity contribution in [3.05, 3.63) is 35.4 Å². The van der Waals surface area contributed by atoms with Gasteiger partial charge in [-0.25, -0.2) is 0 Å². The predicted octanol–water partition coefficient (Wildman–Crippen LogP) is 3.02. The summed E-state index contributed by atoms with van der Waals surface area (Å²) in [6.45, 7) is 1.39. The van der Waals surface area contributed by atoms with E-state index in [9.17, 15) is 23.1 Å². The van der Waals surface area contributed by atoms with E-state index in [0.717, 1.165) is 23.3 Å². The lowest BCUT2D eigenvalue weighted by Gasteiger charge is -2.27. The van der Waals surface area contributed by atoms with Gasteiger partial charge in [-0.2, -0.15) is 13.2 Å². The van der Waals surface area contributed by atoms with Crippen LogP contribution in [0.2, 0.25) is 0 Å².